The summed E-state index contributed by atoms with van der Waals surface area (Å²) in [5.41, 5.74) is 0.816. The molecule has 0 atom stereocenters. The molecule has 0 aliphatic heterocycles. The maximum atomic E-state index is 12.5. The smallest absolute Gasteiger partial charge is 0.335 e. The number of carboxylic acids is 1. The Morgan fingerprint density at radius 2 is 2.10 bits per heavy atom. The fourth-order valence-electron chi connectivity index (χ4n) is 1.91. The fraction of sp³-hybridized carbons (Fsp3) is 0.231. The molecule has 0 saturated heterocycles. The van der Waals surface area contributed by atoms with Gasteiger partial charge in [-0.3, -0.25) is 4.68 Å². The van der Waals surface area contributed by atoms with Crippen LogP contribution in [0.15, 0.2) is 33.8 Å². The van der Waals surface area contributed by atoms with Crippen LogP contribution in [0.4, 0.5) is 0 Å². The van der Waals surface area contributed by atoms with Crippen molar-refractivity contribution < 1.29 is 18.3 Å². The molecule has 0 bridgehead atoms. The Kier molecular flexibility index (Phi) is 4.20. The second-order valence-corrected chi connectivity index (χ2v) is 7.44. The van der Waals surface area contributed by atoms with Crippen LogP contribution < -0.4 is 0 Å². The predicted molar refractivity (Wildman–Crippen MR) is 79.9 cm³/mol. The lowest BCUT2D eigenvalue weighted by atomic mass is 10.1. The Hall–Kier alpha value is -1.67. The van der Waals surface area contributed by atoms with Crippen molar-refractivity contribution in [1.82, 2.24) is 9.78 Å². The van der Waals surface area contributed by atoms with Crippen LogP contribution in [-0.2, 0) is 22.6 Å². The highest BCUT2D eigenvalue weighted by Crippen LogP contribution is 2.28. The van der Waals surface area contributed by atoms with E-state index in [0.29, 0.717) is 15.7 Å². The van der Waals surface area contributed by atoms with Crippen molar-refractivity contribution in [2.24, 2.45) is 7.05 Å². The molecule has 2 aromatic rings. The number of nitrogens with zero attached hydrogens (tertiary/aromatic N) is 2. The second kappa shape index (κ2) is 5.61. The van der Waals surface area contributed by atoms with Crippen LogP contribution in [0.25, 0.3) is 0 Å². The number of carbonyl (C=O) groups is 1. The average molecular weight is 373 g/mol. The molecule has 1 heterocycles. The average Bonchev–Trinajstić information content (AvgIpc) is 2.76. The van der Waals surface area contributed by atoms with Crippen molar-refractivity contribution in [3.05, 3.63) is 45.7 Å². The molecule has 6 nitrogen and oxygen atoms in total. The number of benzene rings is 1. The number of aromatic carboxylic acids is 1. The number of aromatic nitrogens is 2. The van der Waals surface area contributed by atoms with E-state index in [9.17, 15) is 13.2 Å². The number of hydrogen-bond acceptors (Lipinski definition) is 4. The number of hydrogen-bond donors (Lipinski definition) is 1. The monoisotopic (exact) mass is 372 g/mol. The first-order valence-electron chi connectivity index (χ1n) is 5.95. The molecular formula is C13H13BrN2O4S. The van der Waals surface area contributed by atoms with E-state index in [1.54, 1.807) is 26.2 Å². The molecule has 0 aliphatic rings. The molecule has 1 aromatic heterocycles. The van der Waals surface area contributed by atoms with Gasteiger partial charge in [-0.05, 0) is 30.7 Å². The Morgan fingerprint density at radius 3 is 2.62 bits per heavy atom. The van der Waals surface area contributed by atoms with Gasteiger partial charge in [0.2, 0.25) is 0 Å². The van der Waals surface area contributed by atoms with Gasteiger partial charge in [0.15, 0.2) is 9.84 Å². The standard InChI is InChI=1S/C13H13BrN2O4S/c1-8-11(14)5-9(13(17)18)6-12(8)21(19,20)7-10-3-4-16(2)15-10/h3-6H,7H2,1-2H3,(H,17,18). The van der Waals surface area contributed by atoms with Crippen LogP contribution in [0.3, 0.4) is 0 Å². The summed E-state index contributed by atoms with van der Waals surface area (Å²) >= 11 is 3.20. The minimum atomic E-state index is -3.68. The van der Waals surface area contributed by atoms with E-state index in [1.807, 2.05) is 0 Å². The van der Waals surface area contributed by atoms with E-state index in [4.69, 9.17) is 5.11 Å². The zero-order chi connectivity index (χ0) is 15.8. The van der Waals surface area contributed by atoms with Gasteiger partial charge in [0.1, 0.15) is 0 Å². The van der Waals surface area contributed by atoms with Gasteiger partial charge in [-0.1, -0.05) is 15.9 Å². The van der Waals surface area contributed by atoms with Crippen molar-refractivity contribution in [2.45, 2.75) is 17.6 Å². The Labute approximate surface area is 130 Å². The van der Waals surface area contributed by atoms with E-state index in [1.165, 1.54) is 16.8 Å². The molecule has 0 spiro atoms. The third-order valence-corrected chi connectivity index (χ3v) is 5.58. The highest BCUT2D eigenvalue weighted by atomic mass is 79.9. The molecule has 0 radical (unpaired) electrons. The minimum Gasteiger partial charge on any atom is -0.478 e. The number of aryl methyl sites for hydroxylation is 1. The number of sulfone groups is 1. The summed E-state index contributed by atoms with van der Waals surface area (Å²) in [5, 5.41) is 13.1. The zero-order valence-electron chi connectivity index (χ0n) is 11.4. The second-order valence-electron chi connectivity index (χ2n) is 4.63. The maximum Gasteiger partial charge on any atom is 0.335 e. The molecule has 8 heteroatoms. The van der Waals surface area contributed by atoms with Gasteiger partial charge in [-0.2, -0.15) is 5.10 Å². The number of halogens is 1. The summed E-state index contributed by atoms with van der Waals surface area (Å²) < 4.78 is 27.0. The van der Waals surface area contributed by atoms with Gasteiger partial charge in [-0.15, -0.1) is 0 Å². The van der Waals surface area contributed by atoms with Crippen LogP contribution in [-0.4, -0.2) is 29.3 Å². The first-order valence-corrected chi connectivity index (χ1v) is 8.40. The predicted octanol–water partition coefficient (Wildman–Crippen LogP) is 2.16. The van der Waals surface area contributed by atoms with Gasteiger partial charge in [-0.25, -0.2) is 13.2 Å². The molecule has 2 rings (SSSR count). The van der Waals surface area contributed by atoms with Crippen molar-refractivity contribution in [3.63, 3.8) is 0 Å². The van der Waals surface area contributed by atoms with E-state index in [2.05, 4.69) is 21.0 Å². The van der Waals surface area contributed by atoms with Crippen LogP contribution in [0.2, 0.25) is 0 Å². The summed E-state index contributed by atoms with van der Waals surface area (Å²) in [6, 6.07) is 4.18. The topological polar surface area (TPSA) is 89.3 Å². The molecule has 0 saturated carbocycles. The fourth-order valence-corrected chi connectivity index (χ4v) is 4.09. The highest BCUT2D eigenvalue weighted by Gasteiger charge is 2.22. The first kappa shape index (κ1) is 15.7. The summed E-state index contributed by atoms with van der Waals surface area (Å²) in [5.74, 6) is -1.45. The van der Waals surface area contributed by atoms with Crippen LogP contribution >= 0.6 is 15.9 Å². The lowest BCUT2D eigenvalue weighted by Gasteiger charge is -2.10. The lowest BCUT2D eigenvalue weighted by molar-refractivity contribution is 0.0696. The van der Waals surface area contributed by atoms with Gasteiger partial charge in [0, 0.05) is 17.7 Å². The van der Waals surface area contributed by atoms with Crippen LogP contribution in [0.5, 0.6) is 0 Å². The summed E-state index contributed by atoms with van der Waals surface area (Å²) in [7, 11) is -1.98. The van der Waals surface area contributed by atoms with E-state index in [0.717, 1.165) is 0 Å². The summed E-state index contributed by atoms with van der Waals surface area (Å²) in [4.78, 5) is 11.1. The van der Waals surface area contributed by atoms with Crippen molar-refractivity contribution in [3.8, 4) is 0 Å². The Bertz CT molecular complexity index is 812. The normalized spacial score (nSPS) is 11.6. The molecular weight excluding hydrogens is 360 g/mol. The highest BCUT2D eigenvalue weighted by molar-refractivity contribution is 9.10. The van der Waals surface area contributed by atoms with Gasteiger partial charge >= 0.3 is 5.97 Å². The molecule has 1 aromatic carbocycles. The lowest BCUT2D eigenvalue weighted by Crippen LogP contribution is -2.10. The van der Waals surface area contributed by atoms with Crippen molar-refractivity contribution in [2.75, 3.05) is 0 Å². The number of carboxylic acid groups (broad SMARTS) is 1. The van der Waals surface area contributed by atoms with Gasteiger partial charge in [0.05, 0.1) is 21.9 Å². The van der Waals surface area contributed by atoms with Crippen molar-refractivity contribution in [1.29, 1.82) is 0 Å². The number of rotatable bonds is 4. The zero-order valence-corrected chi connectivity index (χ0v) is 13.8. The van der Waals surface area contributed by atoms with E-state index < -0.39 is 15.8 Å². The van der Waals surface area contributed by atoms with Crippen LogP contribution in [0.1, 0.15) is 21.6 Å². The molecule has 0 amide bonds. The summed E-state index contributed by atoms with van der Waals surface area (Å²) in [6.45, 7) is 1.63. The maximum absolute atomic E-state index is 12.5. The molecule has 0 fully saturated rings. The third kappa shape index (κ3) is 3.33. The third-order valence-electron chi connectivity index (χ3n) is 2.99. The van der Waals surface area contributed by atoms with E-state index >= 15 is 0 Å². The minimum absolute atomic E-state index is 0.0000666. The van der Waals surface area contributed by atoms with E-state index in [-0.39, 0.29) is 16.2 Å². The van der Waals surface area contributed by atoms with Crippen molar-refractivity contribution >= 4 is 31.7 Å². The Balaban J connectivity index is 2.51. The first-order chi connectivity index (χ1) is 9.70. The molecule has 0 aliphatic carbocycles. The largest absolute Gasteiger partial charge is 0.478 e. The molecule has 21 heavy (non-hydrogen) atoms. The molecule has 0 unspecified atom stereocenters. The SMILES string of the molecule is Cc1c(Br)cc(C(=O)O)cc1S(=O)(=O)Cc1ccn(C)n1. The molecule has 112 valence electrons. The quantitative estimate of drug-likeness (QED) is 0.887. The van der Waals surface area contributed by atoms with Gasteiger partial charge < -0.3 is 5.11 Å². The Morgan fingerprint density at radius 1 is 1.43 bits per heavy atom. The van der Waals surface area contributed by atoms with Crippen LogP contribution in [0, 0.1) is 6.92 Å². The molecule has 1 N–H and O–H groups in total. The summed E-state index contributed by atoms with van der Waals surface area (Å²) in [6.07, 6.45) is 1.65. The van der Waals surface area contributed by atoms with Gasteiger partial charge in [0.25, 0.3) is 0 Å².